The summed E-state index contributed by atoms with van der Waals surface area (Å²) in [6.45, 7) is 4.09. The zero-order chi connectivity index (χ0) is 22.3. The fourth-order valence-corrected chi connectivity index (χ4v) is 3.47. The number of halogens is 3. The molecule has 2 heterocycles. The minimum atomic E-state index is -4.79. The Kier molecular flexibility index (Phi) is 4.96. The van der Waals surface area contributed by atoms with Gasteiger partial charge in [-0.25, -0.2) is 4.79 Å². The molecule has 0 bridgehead atoms. The molecule has 0 aliphatic rings. The van der Waals surface area contributed by atoms with Gasteiger partial charge >= 0.3 is 12.1 Å². The van der Waals surface area contributed by atoms with Gasteiger partial charge in [-0.05, 0) is 61.4 Å². The molecule has 4 rings (SSSR count). The van der Waals surface area contributed by atoms with Gasteiger partial charge in [-0.1, -0.05) is 6.07 Å². The van der Waals surface area contributed by atoms with Gasteiger partial charge in [0.05, 0.1) is 5.52 Å². The number of nitrogens with zero attached hydrogens (tertiary/aromatic N) is 2. The molecule has 31 heavy (non-hydrogen) atoms. The maximum absolute atomic E-state index is 12.5. The summed E-state index contributed by atoms with van der Waals surface area (Å²) >= 11 is 0. The molecule has 2 aromatic heterocycles. The predicted molar refractivity (Wildman–Crippen MR) is 109 cm³/mol. The fraction of sp³-hybridized carbons (Fsp3) is 0.182. The SMILES string of the molecule is CCn1c(=O)oc2cc(-c3cn(-c4ccc(OC(F)(F)F)cc4)c(=O)cc3C)ccc21. The lowest BCUT2D eigenvalue weighted by molar-refractivity contribution is -0.274. The first kappa shape index (κ1) is 20.5. The smallest absolute Gasteiger partial charge is 0.408 e. The van der Waals surface area contributed by atoms with Crippen LogP contribution in [0.15, 0.2) is 68.7 Å². The Bertz CT molecular complexity index is 1380. The summed E-state index contributed by atoms with van der Waals surface area (Å²) in [4.78, 5) is 24.5. The second-order valence-electron chi connectivity index (χ2n) is 6.91. The summed E-state index contributed by atoms with van der Waals surface area (Å²) in [5.74, 6) is -0.824. The maximum Gasteiger partial charge on any atom is 0.573 e. The zero-order valence-corrected chi connectivity index (χ0v) is 16.6. The predicted octanol–water partition coefficient (Wildman–Crippen LogP) is 4.64. The van der Waals surface area contributed by atoms with Crippen molar-refractivity contribution < 1.29 is 22.3 Å². The molecule has 0 spiro atoms. The zero-order valence-electron chi connectivity index (χ0n) is 16.6. The first-order valence-electron chi connectivity index (χ1n) is 9.39. The molecule has 6 nitrogen and oxygen atoms in total. The summed E-state index contributed by atoms with van der Waals surface area (Å²) < 4.78 is 49.1. The molecule has 0 saturated heterocycles. The van der Waals surface area contributed by atoms with Crippen molar-refractivity contribution in [1.29, 1.82) is 0 Å². The van der Waals surface area contributed by atoms with Crippen LogP contribution in [0.1, 0.15) is 12.5 Å². The van der Waals surface area contributed by atoms with Crippen molar-refractivity contribution in [2.45, 2.75) is 26.8 Å². The number of ether oxygens (including phenoxy) is 1. The van der Waals surface area contributed by atoms with E-state index in [-0.39, 0.29) is 11.3 Å². The number of fused-ring (bicyclic) bond motifs is 1. The van der Waals surface area contributed by atoms with E-state index in [4.69, 9.17) is 4.42 Å². The Hall–Kier alpha value is -3.75. The highest BCUT2D eigenvalue weighted by molar-refractivity contribution is 5.81. The second kappa shape index (κ2) is 7.50. The van der Waals surface area contributed by atoms with Crippen molar-refractivity contribution in [2.24, 2.45) is 0 Å². The Morgan fingerprint density at radius 3 is 2.39 bits per heavy atom. The van der Waals surface area contributed by atoms with E-state index < -0.39 is 12.1 Å². The lowest BCUT2D eigenvalue weighted by Gasteiger charge is -2.13. The number of hydrogen-bond acceptors (Lipinski definition) is 4. The van der Waals surface area contributed by atoms with Gasteiger partial charge in [0.15, 0.2) is 5.58 Å². The lowest BCUT2D eigenvalue weighted by Crippen LogP contribution is -2.19. The summed E-state index contributed by atoms with van der Waals surface area (Å²) in [6, 6.07) is 11.8. The van der Waals surface area contributed by atoms with E-state index in [2.05, 4.69) is 4.74 Å². The summed E-state index contributed by atoms with van der Waals surface area (Å²) in [5.41, 5.74) is 3.28. The van der Waals surface area contributed by atoms with Crippen LogP contribution in [0, 0.1) is 6.92 Å². The highest BCUT2D eigenvalue weighted by atomic mass is 19.4. The largest absolute Gasteiger partial charge is 0.573 e. The van der Waals surface area contributed by atoms with Crippen molar-refractivity contribution in [2.75, 3.05) is 0 Å². The maximum atomic E-state index is 12.5. The molecule has 0 unspecified atom stereocenters. The highest BCUT2D eigenvalue weighted by Gasteiger charge is 2.31. The molecule has 0 N–H and O–H groups in total. The molecule has 0 aliphatic carbocycles. The van der Waals surface area contributed by atoms with Crippen LogP contribution in [-0.2, 0) is 6.54 Å². The Labute approximate surface area is 173 Å². The van der Waals surface area contributed by atoms with E-state index in [0.29, 0.717) is 34.5 Å². The van der Waals surface area contributed by atoms with Gasteiger partial charge in [-0.3, -0.25) is 13.9 Å². The minimum Gasteiger partial charge on any atom is -0.408 e. The summed E-state index contributed by atoms with van der Waals surface area (Å²) in [6.07, 6.45) is -3.19. The average Bonchev–Trinajstić information content (AvgIpc) is 3.01. The number of aromatic nitrogens is 2. The van der Waals surface area contributed by atoms with Gasteiger partial charge in [-0.2, -0.15) is 0 Å². The van der Waals surface area contributed by atoms with Crippen molar-refractivity contribution in [3.63, 3.8) is 0 Å². The topological polar surface area (TPSA) is 66.4 Å². The molecule has 0 aliphatic heterocycles. The van der Waals surface area contributed by atoms with Gasteiger partial charge in [0.1, 0.15) is 5.75 Å². The number of benzene rings is 2. The molecule has 160 valence electrons. The Morgan fingerprint density at radius 1 is 1.03 bits per heavy atom. The average molecular weight is 430 g/mol. The number of aryl methyl sites for hydroxylation is 2. The molecule has 0 fully saturated rings. The third-order valence-electron chi connectivity index (χ3n) is 4.90. The van der Waals surface area contributed by atoms with Gasteiger partial charge in [0, 0.05) is 30.1 Å². The summed E-state index contributed by atoms with van der Waals surface area (Å²) in [5, 5.41) is 0. The number of alkyl halides is 3. The van der Waals surface area contributed by atoms with Crippen LogP contribution in [0.25, 0.3) is 27.9 Å². The van der Waals surface area contributed by atoms with Crippen LogP contribution >= 0.6 is 0 Å². The van der Waals surface area contributed by atoms with Gasteiger partial charge in [0.2, 0.25) is 0 Å². The molecule has 0 atom stereocenters. The van der Waals surface area contributed by atoms with Crippen LogP contribution < -0.4 is 16.1 Å². The molecular formula is C22H17F3N2O4. The summed E-state index contributed by atoms with van der Waals surface area (Å²) in [7, 11) is 0. The molecule has 0 amide bonds. The van der Waals surface area contributed by atoms with Gasteiger partial charge in [0.25, 0.3) is 5.56 Å². The third kappa shape index (κ3) is 3.98. The Morgan fingerprint density at radius 2 is 1.74 bits per heavy atom. The first-order valence-corrected chi connectivity index (χ1v) is 9.39. The molecule has 0 saturated carbocycles. The van der Waals surface area contributed by atoms with Gasteiger partial charge in [-0.15, -0.1) is 13.2 Å². The normalized spacial score (nSPS) is 11.8. The highest BCUT2D eigenvalue weighted by Crippen LogP contribution is 2.28. The minimum absolute atomic E-state index is 0.338. The van der Waals surface area contributed by atoms with Crippen LogP contribution in [0.2, 0.25) is 0 Å². The van der Waals surface area contributed by atoms with Crippen molar-refractivity contribution in [3.05, 3.63) is 81.2 Å². The fourth-order valence-electron chi connectivity index (χ4n) is 3.47. The molecular weight excluding hydrogens is 413 g/mol. The van der Waals surface area contributed by atoms with Crippen molar-refractivity contribution in [3.8, 4) is 22.6 Å². The van der Waals surface area contributed by atoms with Crippen molar-refractivity contribution in [1.82, 2.24) is 9.13 Å². The first-order chi connectivity index (χ1) is 14.7. The molecule has 0 radical (unpaired) electrons. The number of pyridine rings is 1. The number of hydrogen-bond donors (Lipinski definition) is 0. The van der Waals surface area contributed by atoms with Crippen LogP contribution in [0.5, 0.6) is 5.75 Å². The number of oxazole rings is 1. The monoisotopic (exact) mass is 430 g/mol. The van der Waals surface area contributed by atoms with Gasteiger partial charge < -0.3 is 9.15 Å². The van der Waals surface area contributed by atoms with Crippen molar-refractivity contribution >= 4 is 11.1 Å². The quantitative estimate of drug-likeness (QED) is 0.473. The van der Waals surface area contributed by atoms with Crippen LogP contribution in [-0.4, -0.2) is 15.5 Å². The molecule has 4 aromatic rings. The molecule has 2 aromatic carbocycles. The standard InChI is InChI=1S/C22H17F3N2O4/c1-3-26-18-9-4-14(11-19(18)30-21(26)29)17-12-27(20(28)10-13(17)2)15-5-7-16(8-6-15)31-22(23,24)25/h4-12H,3H2,1-2H3. The van der Waals surface area contributed by atoms with E-state index in [9.17, 15) is 22.8 Å². The van der Waals surface area contributed by atoms with Crippen LogP contribution in [0.3, 0.4) is 0 Å². The second-order valence-corrected chi connectivity index (χ2v) is 6.91. The third-order valence-corrected chi connectivity index (χ3v) is 4.90. The van der Waals surface area contributed by atoms with E-state index in [1.54, 1.807) is 25.3 Å². The van der Waals surface area contributed by atoms with E-state index in [1.807, 2.05) is 13.0 Å². The van der Waals surface area contributed by atoms with E-state index in [1.165, 1.54) is 27.3 Å². The lowest BCUT2D eigenvalue weighted by atomic mass is 10.0. The van der Waals surface area contributed by atoms with E-state index >= 15 is 0 Å². The van der Waals surface area contributed by atoms with E-state index in [0.717, 1.165) is 17.7 Å². The van der Waals surface area contributed by atoms with Crippen LogP contribution in [0.4, 0.5) is 13.2 Å². The Balaban J connectivity index is 1.77. The number of rotatable bonds is 4. The molecule has 9 heteroatoms.